The average molecular weight is 363 g/mol. The highest BCUT2D eigenvalue weighted by Crippen LogP contribution is 2.31. The summed E-state index contributed by atoms with van der Waals surface area (Å²) in [5, 5.41) is 14.3. The number of rotatable bonds is 6. The van der Waals surface area contributed by atoms with Crippen LogP contribution in [0.2, 0.25) is 0 Å². The maximum atomic E-state index is 9.02. The first-order valence-electron chi connectivity index (χ1n) is 9.05. The predicted octanol–water partition coefficient (Wildman–Crippen LogP) is 5.40. The monoisotopic (exact) mass is 363 g/mol. The van der Waals surface area contributed by atoms with Crippen molar-refractivity contribution in [1.82, 2.24) is 0 Å². The molecule has 1 N–H and O–H groups in total. The highest BCUT2D eigenvalue weighted by atomic mass is 16.5. The van der Waals surface area contributed by atoms with Gasteiger partial charge in [-0.15, -0.1) is 0 Å². The second-order valence-corrected chi connectivity index (χ2v) is 7.39. The largest absolute Gasteiger partial charge is 0.490 e. The minimum absolute atomic E-state index is 0.0144. The maximum absolute atomic E-state index is 9.02. The van der Waals surface area contributed by atoms with Crippen molar-refractivity contribution in [3.63, 3.8) is 0 Å². The Morgan fingerprint density at radius 2 is 1.52 bits per heavy atom. The number of oxime groups is 1. The molecule has 0 aliphatic heterocycles. The lowest BCUT2D eigenvalue weighted by Crippen LogP contribution is -2.16. The van der Waals surface area contributed by atoms with Crippen LogP contribution in [0.25, 0.3) is 10.8 Å². The third-order valence-corrected chi connectivity index (χ3v) is 4.41. The van der Waals surface area contributed by atoms with E-state index in [-0.39, 0.29) is 5.41 Å². The van der Waals surface area contributed by atoms with Crippen molar-refractivity contribution in [2.75, 3.05) is 13.2 Å². The van der Waals surface area contributed by atoms with Crippen LogP contribution in [0.4, 0.5) is 0 Å². The number of fused-ring (bicyclic) bond motifs is 1. The smallest absolute Gasteiger partial charge is 0.129 e. The minimum atomic E-state index is 0.0144. The quantitative estimate of drug-likeness (QED) is 0.276. The van der Waals surface area contributed by atoms with Crippen molar-refractivity contribution < 1.29 is 14.7 Å². The molecule has 0 bridgehead atoms. The Hall–Kier alpha value is -3.01. The van der Waals surface area contributed by atoms with Crippen molar-refractivity contribution in [3.8, 4) is 11.5 Å². The first-order chi connectivity index (χ1) is 13.0. The molecule has 0 aliphatic carbocycles. The van der Waals surface area contributed by atoms with E-state index in [4.69, 9.17) is 14.7 Å². The zero-order valence-corrected chi connectivity index (χ0v) is 16.0. The third-order valence-electron chi connectivity index (χ3n) is 4.41. The Labute approximate surface area is 160 Å². The van der Waals surface area contributed by atoms with E-state index < -0.39 is 0 Å². The van der Waals surface area contributed by atoms with E-state index in [1.807, 2.05) is 54.6 Å². The average Bonchev–Trinajstić information content (AvgIpc) is 2.66. The van der Waals surface area contributed by atoms with Gasteiger partial charge in [-0.25, -0.2) is 0 Å². The first kappa shape index (κ1) is 18.8. The summed E-state index contributed by atoms with van der Waals surface area (Å²) in [6, 6.07) is 19.9. The molecule has 0 unspecified atom stereocenters. The second-order valence-electron chi connectivity index (χ2n) is 7.39. The molecular formula is C23H25NO3. The summed E-state index contributed by atoms with van der Waals surface area (Å²) in [5.41, 5.74) is 1.94. The van der Waals surface area contributed by atoms with Gasteiger partial charge in [-0.3, -0.25) is 0 Å². The fourth-order valence-corrected chi connectivity index (χ4v) is 3.11. The Balaban J connectivity index is 1.71. The summed E-state index contributed by atoms with van der Waals surface area (Å²) in [6.45, 7) is 7.32. The number of hydrogen-bond acceptors (Lipinski definition) is 4. The number of nitrogens with zero attached hydrogens (tertiary/aromatic N) is 1. The van der Waals surface area contributed by atoms with Crippen LogP contribution >= 0.6 is 0 Å². The highest BCUT2D eigenvalue weighted by molar-refractivity contribution is 6.02. The van der Waals surface area contributed by atoms with E-state index in [2.05, 4.69) is 32.0 Å². The molecular weight excluding hydrogens is 338 g/mol. The van der Waals surface area contributed by atoms with E-state index in [1.165, 1.54) is 11.8 Å². The van der Waals surface area contributed by atoms with Crippen LogP contribution < -0.4 is 9.47 Å². The molecule has 0 saturated carbocycles. The van der Waals surface area contributed by atoms with Crippen molar-refractivity contribution >= 4 is 17.0 Å². The van der Waals surface area contributed by atoms with E-state index in [0.717, 1.165) is 22.1 Å². The van der Waals surface area contributed by atoms with Crippen LogP contribution in [0.1, 0.15) is 31.9 Å². The van der Waals surface area contributed by atoms with Gasteiger partial charge in [-0.2, -0.15) is 0 Å². The summed E-state index contributed by atoms with van der Waals surface area (Å²) in [7, 11) is 0. The number of benzene rings is 3. The molecule has 0 atom stereocenters. The Bertz CT molecular complexity index is 942. The van der Waals surface area contributed by atoms with Crippen molar-refractivity contribution in [1.29, 1.82) is 0 Å². The zero-order chi connectivity index (χ0) is 19.3. The molecule has 4 heteroatoms. The van der Waals surface area contributed by atoms with Crippen LogP contribution in [0.3, 0.4) is 0 Å². The lowest BCUT2D eigenvalue weighted by atomic mass is 9.86. The van der Waals surface area contributed by atoms with Crippen LogP contribution in [0.5, 0.6) is 11.5 Å². The van der Waals surface area contributed by atoms with Gasteiger partial charge in [0.25, 0.3) is 0 Å². The molecule has 140 valence electrons. The van der Waals surface area contributed by atoms with Crippen molar-refractivity contribution in [3.05, 3.63) is 71.8 Å². The fourth-order valence-electron chi connectivity index (χ4n) is 3.11. The van der Waals surface area contributed by atoms with Gasteiger partial charge in [-0.05, 0) is 33.9 Å². The topological polar surface area (TPSA) is 51.0 Å². The molecule has 0 fully saturated rings. The summed E-state index contributed by atoms with van der Waals surface area (Å²) >= 11 is 0. The molecule has 3 aromatic carbocycles. The van der Waals surface area contributed by atoms with Crippen LogP contribution in [0.15, 0.2) is 65.8 Å². The number of ether oxygens (including phenoxy) is 2. The van der Waals surface area contributed by atoms with Crippen molar-refractivity contribution in [2.45, 2.75) is 26.2 Å². The van der Waals surface area contributed by atoms with E-state index >= 15 is 0 Å². The normalized spacial score (nSPS) is 11.8. The second kappa shape index (κ2) is 8.12. The third kappa shape index (κ3) is 4.40. The SMILES string of the molecule is CC(C)(C)c1ccccc1OCCOc1ccc2ccccc2c1C=NO. The summed E-state index contributed by atoms with van der Waals surface area (Å²) in [6.07, 6.45) is 1.41. The molecule has 3 aromatic rings. The molecule has 0 heterocycles. The standard InChI is InChI=1S/C23H25NO3/c1-23(2,3)20-10-6-7-11-22(20)27-15-14-26-21-13-12-17-8-4-5-9-18(17)19(21)16-24-25/h4-13,16,25H,14-15H2,1-3H3. The molecule has 0 saturated heterocycles. The molecule has 0 spiro atoms. The van der Waals surface area contributed by atoms with Gasteiger partial charge < -0.3 is 14.7 Å². The molecule has 0 aliphatic rings. The van der Waals surface area contributed by atoms with E-state index in [0.29, 0.717) is 19.0 Å². The van der Waals surface area contributed by atoms with Crippen molar-refractivity contribution in [2.24, 2.45) is 5.16 Å². The lowest BCUT2D eigenvalue weighted by molar-refractivity contribution is 0.214. The van der Waals surface area contributed by atoms with E-state index in [9.17, 15) is 0 Å². The maximum Gasteiger partial charge on any atom is 0.129 e. The lowest BCUT2D eigenvalue weighted by Gasteiger charge is -2.22. The summed E-state index contributed by atoms with van der Waals surface area (Å²) in [5.74, 6) is 1.54. The predicted molar refractivity (Wildman–Crippen MR) is 109 cm³/mol. The van der Waals surface area contributed by atoms with Gasteiger partial charge in [0.2, 0.25) is 0 Å². The Morgan fingerprint density at radius 3 is 2.26 bits per heavy atom. The number of para-hydroxylation sites is 1. The van der Waals surface area contributed by atoms with Gasteiger partial charge in [0, 0.05) is 5.56 Å². The zero-order valence-electron chi connectivity index (χ0n) is 16.0. The molecule has 0 amide bonds. The molecule has 3 rings (SSSR count). The van der Waals surface area contributed by atoms with Crippen LogP contribution in [0, 0.1) is 0 Å². The minimum Gasteiger partial charge on any atom is -0.490 e. The van der Waals surface area contributed by atoms with Gasteiger partial charge in [-0.1, -0.05) is 74.5 Å². The van der Waals surface area contributed by atoms with E-state index in [1.54, 1.807) is 0 Å². The molecule has 27 heavy (non-hydrogen) atoms. The number of hydrogen-bond donors (Lipinski definition) is 1. The molecule has 0 radical (unpaired) electrons. The highest BCUT2D eigenvalue weighted by Gasteiger charge is 2.18. The fraction of sp³-hybridized carbons (Fsp3) is 0.261. The summed E-state index contributed by atoms with van der Waals surface area (Å²) < 4.78 is 11.9. The molecule has 4 nitrogen and oxygen atoms in total. The Kier molecular flexibility index (Phi) is 5.65. The molecule has 0 aromatic heterocycles. The van der Waals surface area contributed by atoms with Gasteiger partial charge >= 0.3 is 0 Å². The van der Waals surface area contributed by atoms with Gasteiger partial charge in [0.05, 0.1) is 6.21 Å². The first-order valence-corrected chi connectivity index (χ1v) is 9.05. The van der Waals surface area contributed by atoms with Gasteiger partial charge in [0.1, 0.15) is 24.7 Å². The van der Waals surface area contributed by atoms with Crippen LogP contribution in [-0.2, 0) is 5.41 Å². The Morgan fingerprint density at radius 1 is 0.852 bits per heavy atom. The summed E-state index contributed by atoms with van der Waals surface area (Å²) in [4.78, 5) is 0. The van der Waals surface area contributed by atoms with Crippen LogP contribution in [-0.4, -0.2) is 24.6 Å². The van der Waals surface area contributed by atoms with Gasteiger partial charge in [0.15, 0.2) is 0 Å².